The van der Waals surface area contributed by atoms with E-state index < -0.39 is 0 Å². The van der Waals surface area contributed by atoms with Gasteiger partial charge in [0.05, 0.1) is 9.62 Å². The fourth-order valence-electron chi connectivity index (χ4n) is 2.03. The maximum Gasteiger partial charge on any atom is 0.139 e. The Morgan fingerprint density at radius 1 is 1.39 bits per heavy atom. The first-order valence-electron chi connectivity index (χ1n) is 6.70. The van der Waals surface area contributed by atoms with Gasteiger partial charge < -0.3 is 5.32 Å². The third-order valence-electron chi connectivity index (χ3n) is 2.99. The quantitative estimate of drug-likeness (QED) is 0.311. The molecule has 0 radical (unpaired) electrons. The molecule has 0 aromatic carbocycles. The average Bonchev–Trinajstić information content (AvgIpc) is 2.38. The van der Waals surface area contributed by atoms with Crippen LogP contribution in [0.1, 0.15) is 52.4 Å². The highest BCUT2D eigenvalue weighted by Crippen LogP contribution is 2.22. The minimum Gasteiger partial charge on any atom is -0.331 e. The zero-order valence-corrected chi connectivity index (χ0v) is 14.1. The van der Waals surface area contributed by atoms with Crippen LogP contribution >= 0.6 is 34.2 Å². The van der Waals surface area contributed by atoms with Crippen molar-refractivity contribution in [3.63, 3.8) is 0 Å². The van der Waals surface area contributed by atoms with Crippen LogP contribution in [-0.2, 0) is 0 Å². The van der Waals surface area contributed by atoms with Gasteiger partial charge in [0.2, 0.25) is 0 Å². The molecule has 0 amide bonds. The fourth-order valence-corrected chi connectivity index (χ4v) is 2.54. The normalized spacial score (nSPS) is 20.1. The monoisotopic (exact) mass is 380 g/mol. The second-order valence-electron chi connectivity index (χ2n) is 4.49. The standard InChI is InChI=1S/C14H22ClIN2/c1-3-8-13(15)18-14(12(16)4-2)17-11-9-6-5-7-10-11/h4,8,11H,3,5-7,9-10H2,1-2H3,(H,17,18)/b12-4+,13-8+. The second-order valence-corrected chi connectivity index (χ2v) is 6.06. The Morgan fingerprint density at radius 3 is 2.61 bits per heavy atom. The van der Waals surface area contributed by atoms with Crippen LogP contribution in [-0.4, -0.2) is 11.9 Å². The largest absolute Gasteiger partial charge is 0.331 e. The van der Waals surface area contributed by atoms with Crippen molar-refractivity contribution in [1.82, 2.24) is 5.32 Å². The van der Waals surface area contributed by atoms with Crippen LogP contribution in [0.25, 0.3) is 0 Å². The van der Waals surface area contributed by atoms with Crippen molar-refractivity contribution in [2.24, 2.45) is 4.99 Å². The van der Waals surface area contributed by atoms with E-state index in [9.17, 15) is 0 Å². The summed E-state index contributed by atoms with van der Waals surface area (Å²) >= 11 is 8.44. The highest BCUT2D eigenvalue weighted by Gasteiger charge is 2.14. The van der Waals surface area contributed by atoms with Crippen molar-refractivity contribution >= 4 is 40.0 Å². The average molecular weight is 381 g/mol. The zero-order valence-electron chi connectivity index (χ0n) is 11.2. The number of amidine groups is 1. The number of hydrogen-bond donors (Lipinski definition) is 1. The molecule has 1 fully saturated rings. The summed E-state index contributed by atoms with van der Waals surface area (Å²) in [7, 11) is 0. The minimum atomic E-state index is 0.456. The number of nitrogens with zero attached hydrogens (tertiary/aromatic N) is 1. The molecule has 0 aliphatic heterocycles. The molecule has 0 aromatic heterocycles. The van der Waals surface area contributed by atoms with Gasteiger partial charge in [-0.1, -0.05) is 43.9 Å². The van der Waals surface area contributed by atoms with Crippen LogP contribution in [0, 0.1) is 0 Å². The van der Waals surface area contributed by atoms with E-state index in [1.165, 1.54) is 32.1 Å². The van der Waals surface area contributed by atoms with Crippen molar-refractivity contribution in [2.75, 3.05) is 0 Å². The fraction of sp³-hybridized carbons (Fsp3) is 0.643. The molecule has 1 rings (SSSR count). The Balaban J connectivity index is 2.76. The van der Waals surface area contributed by atoms with Gasteiger partial charge in [0, 0.05) is 0 Å². The third-order valence-corrected chi connectivity index (χ3v) is 4.37. The lowest BCUT2D eigenvalue weighted by Gasteiger charge is -2.19. The van der Waals surface area contributed by atoms with Crippen LogP contribution in [0.2, 0.25) is 0 Å². The number of halogens is 2. The van der Waals surface area contributed by atoms with Crippen LogP contribution in [0.3, 0.4) is 0 Å². The van der Waals surface area contributed by atoms with E-state index in [-0.39, 0.29) is 0 Å². The maximum atomic E-state index is 6.13. The molecule has 1 aliphatic rings. The Labute approximate surface area is 129 Å². The highest BCUT2D eigenvalue weighted by atomic mass is 127. The molecule has 1 N–H and O–H groups in total. The topological polar surface area (TPSA) is 24.4 Å². The van der Waals surface area contributed by atoms with Crippen LogP contribution < -0.4 is 5.32 Å². The lowest BCUT2D eigenvalue weighted by molar-refractivity contribution is 0.443. The summed E-state index contributed by atoms with van der Waals surface area (Å²) in [6.07, 6.45) is 11.3. The van der Waals surface area contributed by atoms with Crippen molar-refractivity contribution in [2.45, 2.75) is 58.4 Å². The van der Waals surface area contributed by atoms with Gasteiger partial charge in [-0.2, -0.15) is 0 Å². The molecule has 0 saturated heterocycles. The second kappa shape index (κ2) is 8.97. The molecule has 102 valence electrons. The summed E-state index contributed by atoms with van der Waals surface area (Å²) in [4.78, 5) is 4.83. The van der Waals surface area contributed by atoms with Gasteiger partial charge in [-0.05, 0) is 54.9 Å². The van der Waals surface area contributed by atoms with Gasteiger partial charge in [0.15, 0.2) is 0 Å². The predicted molar refractivity (Wildman–Crippen MR) is 89.4 cm³/mol. The smallest absolute Gasteiger partial charge is 0.139 e. The molecule has 0 spiro atoms. The maximum absolute atomic E-state index is 6.13. The Kier molecular flexibility index (Phi) is 7.98. The van der Waals surface area contributed by atoms with Gasteiger partial charge in [-0.3, -0.25) is 4.99 Å². The summed E-state index contributed by atoms with van der Waals surface area (Å²) in [5.41, 5.74) is 0. The van der Waals surface area contributed by atoms with Gasteiger partial charge in [-0.25, -0.2) is 0 Å². The van der Waals surface area contributed by atoms with E-state index in [0.717, 1.165) is 15.8 Å². The van der Waals surface area contributed by atoms with Crippen molar-refractivity contribution < 1.29 is 0 Å². The summed E-state index contributed by atoms with van der Waals surface area (Å²) in [5.74, 6) is 0.916. The van der Waals surface area contributed by atoms with Gasteiger partial charge in [-0.15, -0.1) is 0 Å². The van der Waals surface area contributed by atoms with Gasteiger partial charge >= 0.3 is 0 Å². The van der Waals surface area contributed by atoms with E-state index >= 15 is 0 Å². The van der Waals surface area contributed by atoms with Crippen LogP contribution in [0.4, 0.5) is 0 Å². The molecule has 18 heavy (non-hydrogen) atoms. The number of hydrogen-bond acceptors (Lipinski definition) is 1. The first-order chi connectivity index (χ1) is 8.67. The molecule has 0 bridgehead atoms. The molecular formula is C14H22ClIN2. The Bertz CT molecular complexity index is 342. The predicted octanol–water partition coefficient (Wildman–Crippen LogP) is 5.14. The summed E-state index contributed by atoms with van der Waals surface area (Å²) in [6.45, 7) is 4.10. The molecule has 0 unspecified atom stereocenters. The molecular weight excluding hydrogens is 359 g/mol. The number of aliphatic imine (C=N–C) groups is 1. The van der Waals surface area contributed by atoms with E-state index in [0.29, 0.717) is 11.2 Å². The van der Waals surface area contributed by atoms with Crippen molar-refractivity contribution in [1.29, 1.82) is 0 Å². The van der Waals surface area contributed by atoms with Gasteiger partial charge in [0.1, 0.15) is 11.0 Å². The number of allylic oxidation sites excluding steroid dienone is 2. The summed E-state index contributed by atoms with van der Waals surface area (Å²) in [5, 5.41) is 3.89. The first kappa shape index (κ1) is 16.0. The van der Waals surface area contributed by atoms with Crippen molar-refractivity contribution in [3.8, 4) is 0 Å². The SMILES string of the molecule is C/C=C(/I)C(=NC1CCCCC1)N/C(Cl)=C/CC. The minimum absolute atomic E-state index is 0.456. The molecule has 2 nitrogen and oxygen atoms in total. The molecule has 4 heteroatoms. The molecule has 1 aliphatic carbocycles. The van der Waals surface area contributed by atoms with E-state index in [1.807, 2.05) is 13.0 Å². The molecule has 0 aromatic rings. The molecule has 0 heterocycles. The molecule has 0 atom stereocenters. The summed E-state index contributed by atoms with van der Waals surface area (Å²) < 4.78 is 1.13. The van der Waals surface area contributed by atoms with E-state index in [4.69, 9.17) is 16.6 Å². The van der Waals surface area contributed by atoms with Crippen LogP contribution in [0.5, 0.6) is 0 Å². The van der Waals surface area contributed by atoms with E-state index in [2.05, 4.69) is 40.9 Å². The Hall–Kier alpha value is -0.0300. The number of rotatable bonds is 4. The highest BCUT2D eigenvalue weighted by molar-refractivity contribution is 14.1. The van der Waals surface area contributed by atoms with Crippen molar-refractivity contribution in [3.05, 3.63) is 20.9 Å². The van der Waals surface area contributed by atoms with E-state index in [1.54, 1.807) is 0 Å². The summed E-state index contributed by atoms with van der Waals surface area (Å²) in [6, 6.07) is 0.456. The Morgan fingerprint density at radius 2 is 2.06 bits per heavy atom. The van der Waals surface area contributed by atoms with Crippen LogP contribution in [0.15, 0.2) is 25.9 Å². The lowest BCUT2D eigenvalue weighted by atomic mass is 9.96. The zero-order chi connectivity index (χ0) is 13.4. The lowest BCUT2D eigenvalue weighted by Crippen LogP contribution is -2.24. The third kappa shape index (κ3) is 5.74. The first-order valence-corrected chi connectivity index (χ1v) is 8.15. The molecule has 1 saturated carbocycles. The number of nitrogens with one attached hydrogen (secondary N) is 1. The van der Waals surface area contributed by atoms with Gasteiger partial charge in [0.25, 0.3) is 0 Å².